The summed E-state index contributed by atoms with van der Waals surface area (Å²) in [7, 11) is 3.74. The molecule has 9 heteroatoms. The molecule has 7 nitrogen and oxygen atoms in total. The van der Waals surface area contributed by atoms with Crippen molar-refractivity contribution in [1.82, 2.24) is 19.8 Å². The zero-order valence-electron chi connectivity index (χ0n) is 22.9. The highest BCUT2D eigenvalue weighted by Gasteiger charge is 2.58. The lowest BCUT2D eigenvalue weighted by molar-refractivity contribution is 0.153. The summed E-state index contributed by atoms with van der Waals surface area (Å²) in [6, 6.07) is 11.4. The normalized spacial score (nSPS) is 25.7. The topological polar surface area (TPSA) is 60.0 Å². The van der Waals surface area contributed by atoms with Crippen molar-refractivity contribution >= 4 is 23.2 Å². The fourth-order valence-electron chi connectivity index (χ4n) is 6.81. The molecule has 1 unspecified atom stereocenters. The summed E-state index contributed by atoms with van der Waals surface area (Å²) in [6.07, 6.45) is 7.24. The van der Waals surface area contributed by atoms with E-state index in [1.807, 2.05) is 0 Å². The van der Waals surface area contributed by atoms with Gasteiger partial charge in [0.25, 0.3) is 0 Å². The summed E-state index contributed by atoms with van der Waals surface area (Å²) in [5.41, 5.74) is 3.70. The lowest BCUT2D eigenvalue weighted by Crippen LogP contribution is -2.46. The van der Waals surface area contributed by atoms with Gasteiger partial charge in [0.2, 0.25) is 5.95 Å². The zero-order chi connectivity index (χ0) is 27.0. The Morgan fingerprint density at radius 2 is 2.00 bits per heavy atom. The Balaban J connectivity index is 1.19. The second-order valence-corrected chi connectivity index (χ2v) is 11.6. The number of aromatic nitrogens is 2. The number of oxime groups is 1. The monoisotopic (exact) mass is 536 g/mol. The molecule has 1 aromatic heterocycles. The third kappa shape index (κ3) is 5.39. The quantitative estimate of drug-likeness (QED) is 0.315. The zero-order valence-corrected chi connectivity index (χ0v) is 22.9. The van der Waals surface area contributed by atoms with E-state index in [1.165, 1.54) is 24.1 Å². The summed E-state index contributed by atoms with van der Waals surface area (Å²) < 4.78 is 27.9. The second-order valence-electron chi connectivity index (χ2n) is 11.6. The van der Waals surface area contributed by atoms with Crippen molar-refractivity contribution in [3.63, 3.8) is 0 Å². The van der Waals surface area contributed by atoms with Gasteiger partial charge in [-0.15, -0.1) is 0 Å². The average Bonchev–Trinajstić information content (AvgIpc) is 3.56. The second kappa shape index (κ2) is 10.8. The van der Waals surface area contributed by atoms with Crippen molar-refractivity contribution in [2.45, 2.75) is 43.6 Å². The molecule has 3 fully saturated rings. The van der Waals surface area contributed by atoms with Crippen LogP contribution in [-0.2, 0) is 10.3 Å². The Kier molecular flexibility index (Phi) is 7.29. The first kappa shape index (κ1) is 26.2. The van der Waals surface area contributed by atoms with Crippen molar-refractivity contribution in [1.29, 1.82) is 0 Å². The van der Waals surface area contributed by atoms with Crippen LogP contribution in [0.2, 0.25) is 0 Å². The molecule has 39 heavy (non-hydrogen) atoms. The molecule has 1 saturated heterocycles. The van der Waals surface area contributed by atoms with Crippen LogP contribution in [0.3, 0.4) is 0 Å². The van der Waals surface area contributed by atoms with E-state index in [9.17, 15) is 8.78 Å². The highest BCUT2D eigenvalue weighted by molar-refractivity contribution is 5.79. The first-order valence-electron chi connectivity index (χ1n) is 14.1. The van der Waals surface area contributed by atoms with Crippen molar-refractivity contribution < 1.29 is 13.6 Å². The number of hydrogen-bond acceptors (Lipinski definition) is 6. The highest BCUT2D eigenvalue weighted by atomic mass is 19.2. The van der Waals surface area contributed by atoms with E-state index in [4.69, 9.17) is 9.82 Å². The number of benzene rings is 2. The molecule has 3 atom stereocenters. The van der Waals surface area contributed by atoms with E-state index in [1.54, 1.807) is 13.3 Å². The number of nitrogens with one attached hydrogen (secondary N) is 1. The Hall–Kier alpha value is -3.04. The summed E-state index contributed by atoms with van der Waals surface area (Å²) in [5, 5.41) is 3.93. The van der Waals surface area contributed by atoms with Gasteiger partial charge in [-0.2, -0.15) is 0 Å². The highest BCUT2D eigenvalue weighted by Crippen LogP contribution is 2.63. The predicted octanol–water partition coefficient (Wildman–Crippen LogP) is 4.78. The molecule has 6 rings (SSSR count). The van der Waals surface area contributed by atoms with Crippen molar-refractivity contribution in [2.75, 3.05) is 58.3 Å². The molecule has 2 heterocycles. The van der Waals surface area contributed by atoms with E-state index in [0.29, 0.717) is 23.0 Å². The van der Waals surface area contributed by atoms with E-state index >= 15 is 0 Å². The number of halogens is 2. The number of piperazine rings is 1. The van der Waals surface area contributed by atoms with Crippen LogP contribution in [0.1, 0.15) is 43.2 Å². The first-order valence-corrected chi connectivity index (χ1v) is 14.1. The van der Waals surface area contributed by atoms with Crippen LogP contribution in [0.15, 0.2) is 41.6 Å². The molecule has 3 aromatic rings. The van der Waals surface area contributed by atoms with Crippen LogP contribution in [0.5, 0.6) is 0 Å². The van der Waals surface area contributed by atoms with E-state index < -0.39 is 11.6 Å². The van der Waals surface area contributed by atoms with Gasteiger partial charge < -0.3 is 24.5 Å². The standard InChI is InChI=1S/C30H38F2N6O/c1-36-11-13-37(14-12-36)9-4-10-38(29-34-27-17-25(31)26(32)18-28(27)35-29)24-7-8-30(19-23(30)16-24)22-6-3-5-21(15-22)20-33-39-2/h3,5-6,15,17-18,20,23-24H,4,7-14,16,19H2,1-2H3,(H,34,35)/b33-20+/t23-,24+,30?/m0/s1. The van der Waals surface area contributed by atoms with Gasteiger partial charge in [-0.1, -0.05) is 23.4 Å². The number of nitrogens with zero attached hydrogens (tertiary/aromatic N) is 5. The van der Waals surface area contributed by atoms with Gasteiger partial charge in [0.15, 0.2) is 11.6 Å². The Morgan fingerprint density at radius 3 is 2.79 bits per heavy atom. The Morgan fingerprint density at radius 1 is 1.18 bits per heavy atom. The summed E-state index contributed by atoms with van der Waals surface area (Å²) in [4.78, 5) is 20.2. The van der Waals surface area contributed by atoms with Crippen molar-refractivity contribution in [3.8, 4) is 0 Å². The number of likely N-dealkylation sites (N-methyl/N-ethyl adjacent to an activating group) is 1. The van der Waals surface area contributed by atoms with Gasteiger partial charge in [0.1, 0.15) is 7.11 Å². The molecule has 0 radical (unpaired) electrons. The minimum Gasteiger partial charge on any atom is -0.399 e. The largest absolute Gasteiger partial charge is 0.399 e. The molecule has 208 valence electrons. The fraction of sp³-hybridized carbons (Fsp3) is 0.533. The lowest BCUT2D eigenvalue weighted by atomic mass is 9.80. The molecule has 1 N–H and O–H groups in total. The molecule has 2 aromatic carbocycles. The molecule has 2 aliphatic carbocycles. The smallest absolute Gasteiger partial charge is 0.204 e. The van der Waals surface area contributed by atoms with Crippen LogP contribution < -0.4 is 4.90 Å². The SMILES string of the molecule is CO/N=C/c1cccc(C23CC[C@@H](N(CCCN4CCN(C)CC4)c4nc5cc(F)c(F)cc5[nH]4)C[C@H]2C3)c1. The lowest BCUT2D eigenvalue weighted by Gasteiger charge is -2.38. The number of imidazole rings is 1. The maximum atomic E-state index is 13.9. The minimum absolute atomic E-state index is 0.235. The van der Waals surface area contributed by atoms with Crippen LogP contribution in [-0.4, -0.2) is 85.5 Å². The number of hydrogen-bond donors (Lipinski definition) is 1. The summed E-state index contributed by atoms with van der Waals surface area (Å²) >= 11 is 0. The van der Waals surface area contributed by atoms with Gasteiger partial charge in [0, 0.05) is 50.9 Å². The van der Waals surface area contributed by atoms with E-state index in [0.717, 1.165) is 76.5 Å². The first-order chi connectivity index (χ1) is 18.9. The number of fused-ring (bicyclic) bond motifs is 2. The Labute approximate surface area is 228 Å². The van der Waals surface area contributed by atoms with Crippen molar-refractivity contribution in [3.05, 3.63) is 59.2 Å². The molecule has 0 amide bonds. The van der Waals surface area contributed by atoms with E-state index in [2.05, 4.69) is 56.2 Å². The Bertz CT molecular complexity index is 1300. The number of anilines is 1. The number of H-pyrrole nitrogens is 1. The maximum Gasteiger partial charge on any atom is 0.204 e. The summed E-state index contributed by atoms with van der Waals surface area (Å²) in [6.45, 7) is 6.32. The van der Waals surface area contributed by atoms with Gasteiger partial charge in [-0.25, -0.2) is 13.8 Å². The van der Waals surface area contributed by atoms with Crippen LogP contribution in [0.4, 0.5) is 14.7 Å². The molecule has 0 bridgehead atoms. The van der Waals surface area contributed by atoms with Crippen LogP contribution in [0.25, 0.3) is 11.0 Å². The molecule has 2 saturated carbocycles. The third-order valence-corrected chi connectivity index (χ3v) is 9.17. The molecule has 3 aliphatic rings. The molecule has 0 spiro atoms. The van der Waals surface area contributed by atoms with Gasteiger partial charge in [0.05, 0.1) is 17.2 Å². The fourth-order valence-corrected chi connectivity index (χ4v) is 6.81. The maximum absolute atomic E-state index is 13.9. The number of aromatic amines is 1. The molecule has 1 aliphatic heterocycles. The van der Waals surface area contributed by atoms with Gasteiger partial charge in [-0.3, -0.25) is 0 Å². The molecular weight excluding hydrogens is 498 g/mol. The minimum atomic E-state index is -0.861. The molecular formula is C30H38F2N6O. The predicted molar refractivity (Wildman–Crippen MR) is 150 cm³/mol. The summed E-state index contributed by atoms with van der Waals surface area (Å²) in [5.74, 6) is -0.368. The van der Waals surface area contributed by atoms with Gasteiger partial charge >= 0.3 is 0 Å². The van der Waals surface area contributed by atoms with E-state index in [-0.39, 0.29) is 5.41 Å². The van der Waals surface area contributed by atoms with Crippen molar-refractivity contribution in [2.24, 2.45) is 11.1 Å². The third-order valence-electron chi connectivity index (χ3n) is 9.17. The van der Waals surface area contributed by atoms with Gasteiger partial charge in [-0.05, 0) is 74.2 Å². The average molecular weight is 537 g/mol. The van der Waals surface area contributed by atoms with Crippen LogP contribution >= 0.6 is 0 Å². The van der Waals surface area contributed by atoms with Crippen LogP contribution in [0, 0.1) is 17.6 Å². The number of rotatable bonds is 9.